The van der Waals surface area contributed by atoms with Gasteiger partial charge in [-0.1, -0.05) is 31.2 Å². The summed E-state index contributed by atoms with van der Waals surface area (Å²) in [6.45, 7) is 3.75. The fraction of sp³-hybridized carbons (Fsp3) is 0.500. The van der Waals surface area contributed by atoms with E-state index in [1.165, 1.54) is 5.56 Å². The molecule has 0 aliphatic rings. The Morgan fingerprint density at radius 3 is 2.12 bits per heavy atom. The second kappa shape index (κ2) is 5.69. The fourth-order valence-corrected chi connectivity index (χ4v) is 2.12. The lowest BCUT2D eigenvalue weighted by Gasteiger charge is -2.07. The lowest BCUT2D eigenvalue weighted by molar-refractivity contribution is 0.592. The molecule has 0 heterocycles. The molecular weight excluding hydrogens is 244 g/mol. The number of halogens is 1. The summed E-state index contributed by atoms with van der Waals surface area (Å²) in [4.78, 5) is 0. The molecule has 90 valence electrons. The Balaban J connectivity index is 2.55. The molecule has 0 amide bonds. The average molecular weight is 261 g/mol. The van der Waals surface area contributed by atoms with E-state index in [2.05, 4.69) is 19.1 Å². The molecule has 1 aromatic carbocycles. The highest BCUT2D eigenvalue weighted by Crippen LogP contribution is 2.14. The average Bonchev–Trinajstić information content (AvgIpc) is 2.25. The van der Waals surface area contributed by atoms with Crippen LogP contribution in [0.25, 0.3) is 0 Å². The van der Waals surface area contributed by atoms with E-state index in [1.807, 2.05) is 12.1 Å². The van der Waals surface area contributed by atoms with Gasteiger partial charge in [0, 0.05) is 10.7 Å². The predicted octanol–water partition coefficient (Wildman–Crippen LogP) is 3.14. The van der Waals surface area contributed by atoms with Crippen LogP contribution < -0.4 is 0 Å². The summed E-state index contributed by atoms with van der Waals surface area (Å²) >= 11 is 0. The van der Waals surface area contributed by atoms with Crippen LogP contribution >= 0.6 is 10.7 Å². The SMILES string of the molecule is CCc1ccc(CCC(C)S(=O)(=O)Cl)cc1. The van der Waals surface area contributed by atoms with Crippen molar-refractivity contribution in [1.82, 2.24) is 0 Å². The predicted molar refractivity (Wildman–Crippen MR) is 68.4 cm³/mol. The van der Waals surface area contributed by atoms with Crippen molar-refractivity contribution in [1.29, 1.82) is 0 Å². The molecule has 0 spiro atoms. The maximum Gasteiger partial charge on any atom is 0.235 e. The molecule has 0 fully saturated rings. The zero-order valence-corrected chi connectivity index (χ0v) is 11.2. The van der Waals surface area contributed by atoms with Crippen molar-refractivity contribution in [3.63, 3.8) is 0 Å². The first-order valence-electron chi connectivity index (χ1n) is 5.44. The smallest absolute Gasteiger partial charge is 0.212 e. The van der Waals surface area contributed by atoms with Crippen LogP contribution in [0.3, 0.4) is 0 Å². The molecule has 1 unspecified atom stereocenters. The zero-order chi connectivity index (χ0) is 12.2. The summed E-state index contributed by atoms with van der Waals surface area (Å²) in [5, 5.41) is -0.486. The van der Waals surface area contributed by atoms with E-state index in [-0.39, 0.29) is 0 Å². The van der Waals surface area contributed by atoms with E-state index >= 15 is 0 Å². The van der Waals surface area contributed by atoms with Crippen LogP contribution in [0.5, 0.6) is 0 Å². The standard InChI is InChI=1S/C12H17ClO2S/c1-3-11-6-8-12(9-7-11)5-4-10(2)16(13,14)15/h6-10H,3-5H2,1-2H3. The number of benzene rings is 1. The molecule has 1 rings (SSSR count). The normalized spacial score (nSPS) is 13.7. The third kappa shape index (κ3) is 4.14. The molecule has 0 aliphatic heterocycles. The largest absolute Gasteiger partial charge is 0.235 e. The number of aryl methyl sites for hydroxylation is 2. The topological polar surface area (TPSA) is 34.1 Å². The molecule has 4 heteroatoms. The maximum absolute atomic E-state index is 11.0. The van der Waals surface area contributed by atoms with Crippen molar-refractivity contribution in [2.75, 3.05) is 0 Å². The van der Waals surface area contributed by atoms with Crippen LogP contribution in [-0.2, 0) is 21.9 Å². The van der Waals surface area contributed by atoms with Crippen molar-refractivity contribution in [2.45, 2.75) is 38.4 Å². The Labute approximate surface area is 102 Å². The van der Waals surface area contributed by atoms with Crippen LogP contribution in [-0.4, -0.2) is 13.7 Å². The van der Waals surface area contributed by atoms with Gasteiger partial charge in [-0.3, -0.25) is 0 Å². The summed E-state index contributed by atoms with van der Waals surface area (Å²) in [6.07, 6.45) is 2.33. The number of hydrogen-bond acceptors (Lipinski definition) is 2. The Kier molecular flexibility index (Phi) is 4.81. The maximum atomic E-state index is 11.0. The van der Waals surface area contributed by atoms with Gasteiger partial charge in [0.15, 0.2) is 0 Å². The molecule has 0 N–H and O–H groups in total. The minimum atomic E-state index is -3.41. The van der Waals surface area contributed by atoms with Crippen molar-refractivity contribution in [3.8, 4) is 0 Å². The molecule has 1 aromatic rings. The minimum absolute atomic E-state index is 0.486. The lowest BCUT2D eigenvalue weighted by Crippen LogP contribution is -2.12. The first-order valence-corrected chi connectivity index (χ1v) is 7.82. The summed E-state index contributed by atoms with van der Waals surface area (Å²) in [7, 11) is 1.86. The summed E-state index contributed by atoms with van der Waals surface area (Å²) in [5.74, 6) is 0. The third-order valence-electron chi connectivity index (χ3n) is 2.75. The van der Waals surface area contributed by atoms with Crippen LogP contribution in [0.2, 0.25) is 0 Å². The highest BCUT2D eigenvalue weighted by atomic mass is 35.7. The van der Waals surface area contributed by atoms with Crippen molar-refractivity contribution < 1.29 is 8.42 Å². The van der Waals surface area contributed by atoms with Crippen molar-refractivity contribution in [2.24, 2.45) is 0 Å². The van der Waals surface area contributed by atoms with Gasteiger partial charge < -0.3 is 0 Å². The van der Waals surface area contributed by atoms with Crippen LogP contribution in [0, 0.1) is 0 Å². The van der Waals surface area contributed by atoms with Gasteiger partial charge in [0.25, 0.3) is 0 Å². The molecular formula is C12H17ClO2S. The van der Waals surface area contributed by atoms with E-state index in [0.29, 0.717) is 6.42 Å². The van der Waals surface area contributed by atoms with Crippen molar-refractivity contribution >= 4 is 19.7 Å². The van der Waals surface area contributed by atoms with Gasteiger partial charge in [-0.25, -0.2) is 8.42 Å². The molecule has 16 heavy (non-hydrogen) atoms. The molecule has 0 aliphatic carbocycles. The van der Waals surface area contributed by atoms with Crippen LogP contribution in [0.15, 0.2) is 24.3 Å². The fourth-order valence-electron chi connectivity index (χ4n) is 1.45. The second-order valence-corrected chi connectivity index (χ2v) is 7.04. The second-order valence-electron chi connectivity index (χ2n) is 3.99. The summed E-state index contributed by atoms with van der Waals surface area (Å²) < 4.78 is 22.0. The summed E-state index contributed by atoms with van der Waals surface area (Å²) in [6, 6.07) is 8.25. The van der Waals surface area contributed by atoms with Gasteiger partial charge in [0.2, 0.25) is 9.05 Å². The van der Waals surface area contributed by atoms with Gasteiger partial charge in [-0.2, -0.15) is 0 Å². The quantitative estimate of drug-likeness (QED) is 0.763. The van der Waals surface area contributed by atoms with E-state index in [4.69, 9.17) is 10.7 Å². The number of rotatable bonds is 5. The van der Waals surface area contributed by atoms with Crippen LogP contribution in [0.4, 0.5) is 0 Å². The Bertz CT molecular complexity index is 423. The molecule has 2 nitrogen and oxygen atoms in total. The third-order valence-corrected chi connectivity index (χ3v) is 4.86. The first kappa shape index (κ1) is 13.5. The lowest BCUT2D eigenvalue weighted by atomic mass is 10.1. The molecule has 0 saturated heterocycles. The molecule has 0 aromatic heterocycles. The molecule has 0 bridgehead atoms. The Morgan fingerprint density at radius 2 is 1.69 bits per heavy atom. The summed E-state index contributed by atoms with van der Waals surface area (Å²) in [5.41, 5.74) is 2.45. The van der Waals surface area contributed by atoms with E-state index in [0.717, 1.165) is 18.4 Å². The van der Waals surface area contributed by atoms with E-state index < -0.39 is 14.3 Å². The van der Waals surface area contributed by atoms with Gasteiger partial charge >= 0.3 is 0 Å². The van der Waals surface area contributed by atoms with Gasteiger partial charge in [-0.05, 0) is 37.3 Å². The Morgan fingerprint density at radius 1 is 1.19 bits per heavy atom. The number of hydrogen-bond donors (Lipinski definition) is 0. The van der Waals surface area contributed by atoms with Crippen molar-refractivity contribution in [3.05, 3.63) is 35.4 Å². The van der Waals surface area contributed by atoms with Gasteiger partial charge in [0.05, 0.1) is 5.25 Å². The first-order chi connectivity index (χ1) is 7.43. The van der Waals surface area contributed by atoms with Crippen LogP contribution in [0.1, 0.15) is 31.4 Å². The molecule has 0 radical (unpaired) electrons. The zero-order valence-electron chi connectivity index (χ0n) is 9.61. The highest BCUT2D eigenvalue weighted by molar-refractivity contribution is 8.14. The minimum Gasteiger partial charge on any atom is -0.212 e. The van der Waals surface area contributed by atoms with Gasteiger partial charge in [0.1, 0.15) is 0 Å². The molecule has 1 atom stereocenters. The monoisotopic (exact) mass is 260 g/mol. The Hall–Kier alpha value is -0.540. The highest BCUT2D eigenvalue weighted by Gasteiger charge is 2.16. The van der Waals surface area contributed by atoms with E-state index in [9.17, 15) is 8.42 Å². The van der Waals surface area contributed by atoms with Gasteiger partial charge in [-0.15, -0.1) is 0 Å². The van der Waals surface area contributed by atoms with E-state index in [1.54, 1.807) is 6.92 Å². The molecule has 0 saturated carbocycles.